The molecule has 0 fully saturated rings. The van der Waals surface area contributed by atoms with Gasteiger partial charge in [0.1, 0.15) is 6.10 Å². The van der Waals surface area contributed by atoms with E-state index in [0.717, 1.165) is 6.08 Å². The average Bonchev–Trinajstić information content (AvgIpc) is 2.78. The zero-order valence-corrected chi connectivity index (χ0v) is 12.2. The first-order valence-corrected chi connectivity index (χ1v) is 4.35. The molecule has 0 aliphatic carbocycles. The zero-order valence-electron chi connectivity index (χ0n) is 9.28. The normalized spacial score (nSPS) is 11.0. The third-order valence-electron chi connectivity index (χ3n) is 1.35. The van der Waals surface area contributed by atoms with Crippen LogP contribution in [0.3, 0.4) is 0 Å². The minimum atomic E-state index is -1.74. The van der Waals surface area contributed by atoms with Crippen molar-refractivity contribution in [3.05, 3.63) is 24.3 Å². The smallest absolute Gasteiger partial charge is 0.547 e. The summed E-state index contributed by atoms with van der Waals surface area (Å²) in [5, 5.41) is 35.1. The number of carboxylic acid groups (broad SMARTS) is 2. The van der Waals surface area contributed by atoms with Gasteiger partial charge in [-0.3, -0.25) is 0 Å². The number of carbonyl (C=O) groups is 2. The number of aliphatic hydroxyl groups excluding tert-OH is 2. The number of H-pyrrole nitrogens is 1. The Bertz CT molecular complexity index is 378. The zero-order chi connectivity index (χ0) is 13.3. The van der Waals surface area contributed by atoms with Gasteiger partial charge in [-0.05, 0) is 12.2 Å². The summed E-state index contributed by atoms with van der Waals surface area (Å²) in [5.41, 5.74) is 0.573. The van der Waals surface area contributed by atoms with Gasteiger partial charge >= 0.3 is 19.5 Å². The van der Waals surface area contributed by atoms with Crippen molar-refractivity contribution in [1.82, 2.24) is 9.97 Å². The quantitative estimate of drug-likeness (QED) is 0.382. The number of aliphatic hydroxyl groups is 2. The second-order valence-electron chi connectivity index (χ2n) is 2.66. The number of aromatic amines is 1. The molecule has 8 nitrogen and oxygen atoms in total. The molecule has 94 valence electrons. The van der Waals surface area contributed by atoms with Gasteiger partial charge in [0, 0.05) is 6.20 Å². The SMILES string of the molecule is O=C([O-])C(O)CO.O=C([O-])C=Cc1c[nH]cn1.[Zn+2]. The van der Waals surface area contributed by atoms with Crippen LogP contribution in [0.4, 0.5) is 0 Å². The van der Waals surface area contributed by atoms with Crippen LogP contribution in [0.2, 0.25) is 0 Å². The molecule has 3 N–H and O–H groups in total. The summed E-state index contributed by atoms with van der Waals surface area (Å²) >= 11 is 0. The molecular weight excluding hydrogens is 297 g/mol. The molecule has 1 rings (SSSR count). The predicted molar refractivity (Wildman–Crippen MR) is 50.7 cm³/mol. The molecule has 1 unspecified atom stereocenters. The minimum absolute atomic E-state index is 0. The van der Waals surface area contributed by atoms with Crippen molar-refractivity contribution in [3.63, 3.8) is 0 Å². The largest absolute Gasteiger partial charge is 2.00 e. The summed E-state index contributed by atoms with van der Waals surface area (Å²) in [6, 6.07) is 0. The maximum atomic E-state index is 9.86. The predicted octanol–water partition coefficient (Wildman–Crippen LogP) is -3.74. The van der Waals surface area contributed by atoms with Crippen molar-refractivity contribution in [1.29, 1.82) is 0 Å². The van der Waals surface area contributed by atoms with E-state index in [2.05, 4.69) is 9.97 Å². The molecule has 0 saturated carbocycles. The van der Waals surface area contributed by atoms with Gasteiger partial charge < -0.3 is 35.0 Å². The van der Waals surface area contributed by atoms with Gasteiger partial charge in [-0.15, -0.1) is 0 Å². The van der Waals surface area contributed by atoms with Gasteiger partial charge in [-0.1, -0.05) is 0 Å². The number of nitrogens with zero attached hydrogens (tertiary/aromatic N) is 1. The average molecular weight is 308 g/mol. The second-order valence-corrected chi connectivity index (χ2v) is 2.66. The Balaban J connectivity index is 0. The van der Waals surface area contributed by atoms with E-state index in [1.165, 1.54) is 12.4 Å². The molecule has 0 bridgehead atoms. The van der Waals surface area contributed by atoms with E-state index in [1.54, 1.807) is 6.20 Å². The number of carbonyl (C=O) groups excluding carboxylic acids is 2. The fourth-order valence-electron chi connectivity index (χ4n) is 0.591. The minimum Gasteiger partial charge on any atom is -0.547 e. The standard InChI is InChI=1S/C6H6N2O2.C3H6O4.Zn/c9-6(10)2-1-5-3-7-4-8-5;4-1-2(5)3(6)7;/h1-4H,(H,7,8)(H,9,10);2,4-5H,1H2,(H,6,7);/q;;+2/p-2. The number of rotatable bonds is 4. The molecule has 1 aromatic rings. The van der Waals surface area contributed by atoms with Crippen LogP contribution in [0.5, 0.6) is 0 Å². The molecule has 0 aromatic carbocycles. The third-order valence-corrected chi connectivity index (χ3v) is 1.35. The van der Waals surface area contributed by atoms with E-state index >= 15 is 0 Å². The first-order valence-electron chi connectivity index (χ1n) is 4.35. The molecule has 1 heterocycles. The molecule has 1 aromatic heterocycles. The number of imidazole rings is 1. The summed E-state index contributed by atoms with van der Waals surface area (Å²) in [6.45, 7) is -0.789. The van der Waals surface area contributed by atoms with E-state index in [0.29, 0.717) is 5.69 Å². The maximum Gasteiger partial charge on any atom is 2.00 e. The van der Waals surface area contributed by atoms with Gasteiger partial charge in [0.2, 0.25) is 0 Å². The number of nitrogens with one attached hydrogen (secondary N) is 1. The van der Waals surface area contributed by atoms with E-state index in [-0.39, 0.29) is 19.5 Å². The Morgan fingerprint density at radius 2 is 2.11 bits per heavy atom. The van der Waals surface area contributed by atoms with Crippen molar-refractivity contribution in [3.8, 4) is 0 Å². The molecule has 0 aliphatic heterocycles. The Morgan fingerprint density at radius 3 is 2.39 bits per heavy atom. The number of aromatic nitrogens is 2. The fourth-order valence-corrected chi connectivity index (χ4v) is 0.591. The molecule has 9 heteroatoms. The number of hydrogen-bond acceptors (Lipinski definition) is 7. The topological polar surface area (TPSA) is 149 Å². The van der Waals surface area contributed by atoms with Gasteiger partial charge in [-0.2, -0.15) is 0 Å². The van der Waals surface area contributed by atoms with Crippen LogP contribution >= 0.6 is 0 Å². The Morgan fingerprint density at radius 1 is 1.50 bits per heavy atom. The van der Waals surface area contributed by atoms with Crippen molar-refractivity contribution in [2.24, 2.45) is 0 Å². The summed E-state index contributed by atoms with van der Waals surface area (Å²) < 4.78 is 0. The monoisotopic (exact) mass is 306 g/mol. The van der Waals surface area contributed by atoms with Gasteiger partial charge in [-0.25, -0.2) is 4.98 Å². The van der Waals surface area contributed by atoms with Crippen LogP contribution in [0.1, 0.15) is 5.69 Å². The van der Waals surface area contributed by atoms with Crippen LogP contribution < -0.4 is 10.2 Å². The van der Waals surface area contributed by atoms with Crippen LogP contribution in [0.15, 0.2) is 18.6 Å². The summed E-state index contributed by atoms with van der Waals surface area (Å²) in [7, 11) is 0. The third kappa shape index (κ3) is 9.64. The number of carboxylic acids is 2. The molecule has 18 heavy (non-hydrogen) atoms. The Hall–Kier alpha value is -1.57. The summed E-state index contributed by atoms with van der Waals surface area (Å²) in [4.78, 5) is 25.7. The molecule has 0 spiro atoms. The van der Waals surface area contributed by atoms with E-state index in [4.69, 9.17) is 10.2 Å². The van der Waals surface area contributed by atoms with E-state index in [9.17, 15) is 19.8 Å². The van der Waals surface area contributed by atoms with Crippen molar-refractivity contribution in [2.75, 3.05) is 6.61 Å². The fraction of sp³-hybridized carbons (Fsp3) is 0.222. The van der Waals surface area contributed by atoms with Gasteiger partial charge in [0.25, 0.3) is 0 Å². The molecule has 1 atom stereocenters. The Kier molecular flexibility index (Phi) is 11.0. The van der Waals surface area contributed by atoms with E-state index in [1.807, 2.05) is 0 Å². The molecule has 0 aliphatic rings. The molecule has 0 radical (unpaired) electrons. The first-order chi connectivity index (χ1) is 7.97. The molecule has 0 saturated heterocycles. The number of hydrogen-bond donors (Lipinski definition) is 3. The van der Waals surface area contributed by atoms with E-state index < -0.39 is 24.6 Å². The van der Waals surface area contributed by atoms with Crippen LogP contribution in [-0.4, -0.2) is 44.8 Å². The first kappa shape index (κ1) is 18.8. The summed E-state index contributed by atoms with van der Waals surface area (Å²) in [5.74, 6) is -2.87. The van der Waals surface area contributed by atoms with Crippen LogP contribution in [0, 0.1) is 0 Å². The molecular formula is C9H10N2O6Zn. The van der Waals surface area contributed by atoms with Gasteiger partial charge in [0.05, 0.1) is 30.6 Å². The summed E-state index contributed by atoms with van der Waals surface area (Å²) in [6.07, 6.45) is 3.59. The maximum absolute atomic E-state index is 9.86. The van der Waals surface area contributed by atoms with Crippen molar-refractivity contribution in [2.45, 2.75) is 6.10 Å². The number of aliphatic carboxylic acids is 2. The van der Waals surface area contributed by atoms with Crippen LogP contribution in [-0.2, 0) is 29.1 Å². The van der Waals surface area contributed by atoms with Crippen molar-refractivity contribution >= 4 is 18.0 Å². The van der Waals surface area contributed by atoms with Gasteiger partial charge in [0.15, 0.2) is 0 Å². The molecule has 0 amide bonds. The second kappa shape index (κ2) is 10.6. The van der Waals surface area contributed by atoms with Crippen molar-refractivity contribution < 1.29 is 49.5 Å². The Labute approximate surface area is 115 Å². The van der Waals surface area contributed by atoms with Crippen LogP contribution in [0.25, 0.3) is 6.08 Å².